The van der Waals surface area contributed by atoms with Crippen LogP contribution in [0.25, 0.3) is 0 Å². The topological polar surface area (TPSA) is 47.3 Å². The molecule has 2 rings (SSSR count). The molecule has 84 valence electrons. The molecule has 0 radical (unpaired) electrons. The molecule has 4 heteroatoms. The van der Waals surface area contributed by atoms with Crippen LogP contribution in [0.3, 0.4) is 0 Å². The Balaban J connectivity index is 2.13. The van der Waals surface area contributed by atoms with Crippen molar-refractivity contribution in [1.82, 2.24) is 4.98 Å². The largest absolute Gasteiger partial charge is 0.497 e. The molecule has 1 heterocycles. The van der Waals surface area contributed by atoms with Gasteiger partial charge in [0, 0.05) is 13.5 Å². The highest BCUT2D eigenvalue weighted by Gasteiger charge is 2.03. The minimum absolute atomic E-state index is 0.540. The van der Waals surface area contributed by atoms with Crippen LogP contribution in [0.15, 0.2) is 34.9 Å². The van der Waals surface area contributed by atoms with Crippen molar-refractivity contribution < 1.29 is 9.15 Å². The molecule has 0 bridgehead atoms. The molecule has 0 aliphatic heterocycles. The van der Waals surface area contributed by atoms with E-state index in [4.69, 9.17) is 9.15 Å². The summed E-state index contributed by atoms with van der Waals surface area (Å²) < 4.78 is 10.4. The molecule has 0 amide bonds. The van der Waals surface area contributed by atoms with Crippen molar-refractivity contribution in [3.63, 3.8) is 0 Å². The van der Waals surface area contributed by atoms with E-state index >= 15 is 0 Å². The number of nitrogens with one attached hydrogen (secondary N) is 1. The number of methoxy groups -OCH3 is 1. The Morgan fingerprint density at radius 3 is 3.00 bits per heavy atom. The monoisotopic (exact) mass is 218 g/mol. The van der Waals surface area contributed by atoms with Gasteiger partial charge in [-0.1, -0.05) is 12.1 Å². The molecule has 0 unspecified atom stereocenters. The molecular formula is C12H14N2O2. The second kappa shape index (κ2) is 4.70. The maximum absolute atomic E-state index is 5.19. The third-order valence-electron chi connectivity index (χ3n) is 2.29. The molecular weight excluding hydrogens is 204 g/mol. The first-order valence-electron chi connectivity index (χ1n) is 5.07. The van der Waals surface area contributed by atoms with Gasteiger partial charge in [0.15, 0.2) is 0 Å². The van der Waals surface area contributed by atoms with Crippen LogP contribution in [0.2, 0.25) is 0 Å². The first kappa shape index (κ1) is 10.5. The normalized spacial score (nSPS) is 10.1. The van der Waals surface area contributed by atoms with Gasteiger partial charge < -0.3 is 14.5 Å². The Labute approximate surface area is 94.3 Å². The second-order valence-electron chi connectivity index (χ2n) is 3.42. The van der Waals surface area contributed by atoms with Gasteiger partial charge in [-0.2, -0.15) is 4.98 Å². The molecule has 0 atom stereocenters. The maximum atomic E-state index is 5.19. The Kier molecular flexibility index (Phi) is 3.10. The number of hydrogen-bond donors (Lipinski definition) is 1. The van der Waals surface area contributed by atoms with Crippen molar-refractivity contribution in [3.8, 4) is 5.75 Å². The van der Waals surface area contributed by atoms with Crippen LogP contribution in [0.4, 0.5) is 6.01 Å². The van der Waals surface area contributed by atoms with Gasteiger partial charge in [0.05, 0.1) is 12.8 Å². The van der Waals surface area contributed by atoms with Gasteiger partial charge in [0.1, 0.15) is 12.0 Å². The predicted octanol–water partition coefficient (Wildman–Crippen LogP) is 2.32. The SMILES string of the molecule is CNc1nc(Cc2cccc(OC)c2)co1. The van der Waals surface area contributed by atoms with E-state index in [1.807, 2.05) is 24.3 Å². The molecule has 1 aromatic heterocycles. The molecule has 16 heavy (non-hydrogen) atoms. The molecule has 0 saturated carbocycles. The average Bonchev–Trinajstić information content (AvgIpc) is 2.77. The average molecular weight is 218 g/mol. The van der Waals surface area contributed by atoms with Crippen molar-refractivity contribution in [2.75, 3.05) is 19.5 Å². The Bertz CT molecular complexity index is 466. The number of ether oxygens (including phenoxy) is 1. The molecule has 2 aromatic rings. The summed E-state index contributed by atoms with van der Waals surface area (Å²) in [7, 11) is 3.44. The van der Waals surface area contributed by atoms with Crippen LogP contribution in [0, 0.1) is 0 Å². The number of anilines is 1. The minimum Gasteiger partial charge on any atom is -0.497 e. The van der Waals surface area contributed by atoms with E-state index in [0.717, 1.165) is 23.4 Å². The molecule has 0 fully saturated rings. The van der Waals surface area contributed by atoms with E-state index in [1.54, 1.807) is 20.4 Å². The summed E-state index contributed by atoms with van der Waals surface area (Å²) in [6.07, 6.45) is 2.40. The number of nitrogens with zero attached hydrogens (tertiary/aromatic N) is 1. The Morgan fingerprint density at radius 2 is 2.31 bits per heavy atom. The minimum atomic E-state index is 0.540. The first-order valence-corrected chi connectivity index (χ1v) is 5.07. The molecule has 0 saturated heterocycles. The fourth-order valence-electron chi connectivity index (χ4n) is 1.49. The lowest BCUT2D eigenvalue weighted by Crippen LogP contribution is -1.92. The first-order chi connectivity index (χ1) is 7.81. The highest BCUT2D eigenvalue weighted by molar-refractivity contribution is 5.31. The van der Waals surface area contributed by atoms with E-state index in [1.165, 1.54) is 0 Å². The highest BCUT2D eigenvalue weighted by atomic mass is 16.5. The lowest BCUT2D eigenvalue weighted by atomic mass is 10.1. The summed E-state index contributed by atoms with van der Waals surface area (Å²) in [4.78, 5) is 4.26. The van der Waals surface area contributed by atoms with Crippen LogP contribution in [-0.4, -0.2) is 19.1 Å². The standard InChI is InChI=1S/C12H14N2O2/c1-13-12-14-10(8-16-12)6-9-4-3-5-11(7-9)15-2/h3-5,7-8H,6H2,1-2H3,(H,13,14). The van der Waals surface area contributed by atoms with Crippen molar-refractivity contribution in [3.05, 3.63) is 41.8 Å². The number of rotatable bonds is 4. The molecule has 4 nitrogen and oxygen atoms in total. The molecule has 0 aliphatic carbocycles. The van der Waals surface area contributed by atoms with Crippen molar-refractivity contribution in [2.24, 2.45) is 0 Å². The summed E-state index contributed by atoms with van der Waals surface area (Å²) >= 11 is 0. The van der Waals surface area contributed by atoms with Crippen LogP contribution >= 0.6 is 0 Å². The lowest BCUT2D eigenvalue weighted by molar-refractivity contribution is 0.414. The van der Waals surface area contributed by atoms with Crippen LogP contribution in [-0.2, 0) is 6.42 Å². The summed E-state index contributed by atoms with van der Waals surface area (Å²) in [6, 6.07) is 8.46. The lowest BCUT2D eigenvalue weighted by Gasteiger charge is -2.02. The molecule has 0 aliphatic rings. The zero-order chi connectivity index (χ0) is 11.4. The summed E-state index contributed by atoms with van der Waals surface area (Å²) in [5, 5.41) is 2.85. The van der Waals surface area contributed by atoms with E-state index < -0.39 is 0 Å². The van der Waals surface area contributed by atoms with E-state index in [0.29, 0.717) is 6.01 Å². The van der Waals surface area contributed by atoms with Gasteiger partial charge >= 0.3 is 0 Å². The van der Waals surface area contributed by atoms with Gasteiger partial charge in [0.2, 0.25) is 0 Å². The zero-order valence-corrected chi connectivity index (χ0v) is 9.36. The van der Waals surface area contributed by atoms with Crippen molar-refractivity contribution in [1.29, 1.82) is 0 Å². The van der Waals surface area contributed by atoms with Gasteiger partial charge in [-0.05, 0) is 17.7 Å². The number of oxazole rings is 1. The van der Waals surface area contributed by atoms with E-state index in [9.17, 15) is 0 Å². The highest BCUT2D eigenvalue weighted by Crippen LogP contribution is 2.16. The summed E-state index contributed by atoms with van der Waals surface area (Å²) in [6.45, 7) is 0. The third kappa shape index (κ3) is 2.34. The van der Waals surface area contributed by atoms with Crippen LogP contribution in [0.5, 0.6) is 5.75 Å². The zero-order valence-electron chi connectivity index (χ0n) is 9.36. The maximum Gasteiger partial charge on any atom is 0.294 e. The van der Waals surface area contributed by atoms with Gasteiger partial charge in [-0.3, -0.25) is 0 Å². The van der Waals surface area contributed by atoms with Crippen molar-refractivity contribution >= 4 is 6.01 Å². The van der Waals surface area contributed by atoms with Crippen LogP contribution < -0.4 is 10.1 Å². The second-order valence-corrected chi connectivity index (χ2v) is 3.42. The number of aromatic nitrogens is 1. The fraction of sp³-hybridized carbons (Fsp3) is 0.250. The number of benzene rings is 1. The molecule has 1 N–H and O–H groups in total. The van der Waals surface area contributed by atoms with Gasteiger partial charge in [-0.15, -0.1) is 0 Å². The third-order valence-corrected chi connectivity index (χ3v) is 2.29. The van der Waals surface area contributed by atoms with Crippen LogP contribution in [0.1, 0.15) is 11.3 Å². The predicted molar refractivity (Wildman–Crippen MR) is 61.8 cm³/mol. The van der Waals surface area contributed by atoms with Gasteiger partial charge in [-0.25, -0.2) is 0 Å². The molecule has 0 spiro atoms. The van der Waals surface area contributed by atoms with E-state index in [2.05, 4.69) is 10.3 Å². The summed E-state index contributed by atoms with van der Waals surface area (Å²) in [5.74, 6) is 0.856. The quantitative estimate of drug-likeness (QED) is 0.855. The smallest absolute Gasteiger partial charge is 0.294 e. The fourth-order valence-corrected chi connectivity index (χ4v) is 1.49. The number of hydrogen-bond acceptors (Lipinski definition) is 4. The summed E-state index contributed by atoms with van der Waals surface area (Å²) in [5.41, 5.74) is 2.05. The molecule has 1 aromatic carbocycles. The van der Waals surface area contributed by atoms with Crippen molar-refractivity contribution in [2.45, 2.75) is 6.42 Å². The Hall–Kier alpha value is -1.97. The Morgan fingerprint density at radius 1 is 1.44 bits per heavy atom. The van der Waals surface area contributed by atoms with E-state index in [-0.39, 0.29) is 0 Å². The van der Waals surface area contributed by atoms with Gasteiger partial charge in [0.25, 0.3) is 6.01 Å².